The number of hydrogen-bond donors (Lipinski definition) is 1. The zero-order valence-electron chi connectivity index (χ0n) is 16.5. The minimum Gasteiger partial charge on any atom is -0.324 e. The summed E-state index contributed by atoms with van der Waals surface area (Å²) < 4.78 is 0. The van der Waals surface area contributed by atoms with Gasteiger partial charge in [0.05, 0.1) is 0 Å². The van der Waals surface area contributed by atoms with E-state index in [1.807, 2.05) is 29.2 Å². The Morgan fingerprint density at radius 3 is 2.21 bits per heavy atom. The van der Waals surface area contributed by atoms with E-state index in [4.69, 9.17) is 0 Å². The van der Waals surface area contributed by atoms with Gasteiger partial charge < -0.3 is 15.1 Å². The molecule has 0 aromatic heterocycles. The quantitative estimate of drug-likeness (QED) is 0.817. The molecule has 3 aliphatic heterocycles. The number of nitrogens with zero attached hydrogens (tertiary/aromatic N) is 3. The fraction of sp³-hybridized carbons (Fsp3) is 0.391. The average molecular weight is 390 g/mol. The predicted molar refractivity (Wildman–Crippen MR) is 113 cm³/mol. The van der Waals surface area contributed by atoms with Crippen LogP contribution in [0.3, 0.4) is 0 Å². The summed E-state index contributed by atoms with van der Waals surface area (Å²) in [5, 5.41) is 3.01. The SMILES string of the molecule is O=C(Nc1ccc(N2CCC2=O)cc1)N1C[C@H]2CN(Cc3ccccc3)C[C@H]2C1. The second-order valence-corrected chi connectivity index (χ2v) is 8.38. The maximum absolute atomic E-state index is 12.7. The largest absolute Gasteiger partial charge is 0.324 e. The first-order valence-corrected chi connectivity index (χ1v) is 10.4. The van der Waals surface area contributed by atoms with Crippen molar-refractivity contribution in [3.05, 3.63) is 60.2 Å². The second-order valence-electron chi connectivity index (χ2n) is 8.38. The lowest BCUT2D eigenvalue weighted by molar-refractivity contribution is -0.122. The van der Waals surface area contributed by atoms with Gasteiger partial charge in [-0.3, -0.25) is 9.69 Å². The van der Waals surface area contributed by atoms with Crippen molar-refractivity contribution in [3.63, 3.8) is 0 Å². The standard InChI is InChI=1S/C23H26N4O2/c28-22-10-11-27(22)21-8-6-20(7-9-21)24-23(29)26-15-18-13-25(14-19(18)16-26)12-17-4-2-1-3-5-17/h1-9,18-19H,10-16H2,(H,24,29)/t18-,19+. The minimum absolute atomic E-state index is 0.0261. The monoisotopic (exact) mass is 390 g/mol. The van der Waals surface area contributed by atoms with Gasteiger partial charge in [0.25, 0.3) is 0 Å². The number of β-lactam (4-membered cyclic amide) rings is 1. The molecule has 0 radical (unpaired) electrons. The van der Waals surface area contributed by atoms with E-state index in [1.54, 1.807) is 4.90 Å². The van der Waals surface area contributed by atoms with Crippen LogP contribution in [0.2, 0.25) is 0 Å². The van der Waals surface area contributed by atoms with E-state index in [2.05, 4.69) is 40.5 Å². The Labute approximate surface area is 171 Å². The molecule has 0 spiro atoms. The van der Waals surface area contributed by atoms with Crippen LogP contribution in [-0.4, -0.2) is 54.5 Å². The molecule has 3 fully saturated rings. The highest BCUT2D eigenvalue weighted by atomic mass is 16.2. The molecule has 0 aliphatic carbocycles. The molecule has 3 heterocycles. The number of fused-ring (bicyclic) bond motifs is 1. The fourth-order valence-corrected chi connectivity index (χ4v) is 4.74. The van der Waals surface area contributed by atoms with Crippen LogP contribution in [0.15, 0.2) is 54.6 Å². The molecular formula is C23H26N4O2. The van der Waals surface area contributed by atoms with Crippen molar-refractivity contribution in [1.29, 1.82) is 0 Å². The summed E-state index contributed by atoms with van der Waals surface area (Å²) in [6, 6.07) is 18.1. The normalized spacial score (nSPS) is 23.8. The lowest BCUT2D eigenvalue weighted by Gasteiger charge is -2.30. The van der Waals surface area contributed by atoms with Crippen LogP contribution in [0, 0.1) is 11.8 Å². The van der Waals surface area contributed by atoms with Gasteiger partial charge in [0.2, 0.25) is 5.91 Å². The summed E-state index contributed by atoms with van der Waals surface area (Å²) in [6.45, 7) is 5.53. The van der Waals surface area contributed by atoms with Crippen LogP contribution >= 0.6 is 0 Å². The number of urea groups is 1. The fourth-order valence-electron chi connectivity index (χ4n) is 4.74. The Morgan fingerprint density at radius 1 is 0.931 bits per heavy atom. The summed E-state index contributed by atoms with van der Waals surface area (Å²) in [5.74, 6) is 1.28. The molecule has 5 rings (SSSR count). The first kappa shape index (κ1) is 18.2. The molecule has 29 heavy (non-hydrogen) atoms. The first-order chi connectivity index (χ1) is 14.2. The highest BCUT2D eigenvalue weighted by Crippen LogP contribution is 2.32. The molecule has 0 bridgehead atoms. The molecule has 6 heteroatoms. The van der Waals surface area contributed by atoms with E-state index in [1.165, 1.54) is 5.56 Å². The molecule has 3 aliphatic rings. The van der Waals surface area contributed by atoms with Gasteiger partial charge in [-0.15, -0.1) is 0 Å². The number of hydrogen-bond acceptors (Lipinski definition) is 3. The van der Waals surface area contributed by atoms with Gasteiger partial charge in [0.15, 0.2) is 0 Å². The van der Waals surface area contributed by atoms with E-state index in [9.17, 15) is 9.59 Å². The lowest BCUT2D eigenvalue weighted by Crippen LogP contribution is -2.43. The van der Waals surface area contributed by atoms with Crippen LogP contribution in [0.25, 0.3) is 0 Å². The van der Waals surface area contributed by atoms with E-state index in [-0.39, 0.29) is 11.9 Å². The molecule has 150 valence electrons. The second kappa shape index (κ2) is 7.52. The third kappa shape index (κ3) is 3.72. The van der Waals surface area contributed by atoms with E-state index in [0.717, 1.165) is 50.6 Å². The van der Waals surface area contributed by atoms with Crippen LogP contribution < -0.4 is 10.2 Å². The van der Waals surface area contributed by atoms with Gasteiger partial charge in [-0.2, -0.15) is 0 Å². The number of rotatable bonds is 4. The van der Waals surface area contributed by atoms with Gasteiger partial charge in [0.1, 0.15) is 0 Å². The van der Waals surface area contributed by atoms with Crippen molar-refractivity contribution in [1.82, 2.24) is 9.80 Å². The molecular weight excluding hydrogens is 364 g/mol. The molecule has 3 saturated heterocycles. The zero-order chi connectivity index (χ0) is 19.8. The number of benzene rings is 2. The van der Waals surface area contributed by atoms with Gasteiger partial charge in [0, 0.05) is 57.1 Å². The lowest BCUT2D eigenvalue weighted by atomic mass is 10.0. The van der Waals surface area contributed by atoms with Crippen molar-refractivity contribution < 1.29 is 9.59 Å². The molecule has 2 atom stereocenters. The Hall–Kier alpha value is -2.86. The van der Waals surface area contributed by atoms with Gasteiger partial charge >= 0.3 is 6.03 Å². The van der Waals surface area contributed by atoms with Crippen molar-refractivity contribution >= 4 is 23.3 Å². The molecule has 0 saturated carbocycles. The summed E-state index contributed by atoms with van der Waals surface area (Å²) in [6.07, 6.45) is 0.624. The van der Waals surface area contributed by atoms with E-state index < -0.39 is 0 Å². The topological polar surface area (TPSA) is 55.9 Å². The molecule has 1 N–H and O–H groups in total. The van der Waals surface area contributed by atoms with Crippen molar-refractivity contribution in [3.8, 4) is 0 Å². The van der Waals surface area contributed by atoms with Crippen LogP contribution in [0.1, 0.15) is 12.0 Å². The predicted octanol–water partition coefficient (Wildman–Crippen LogP) is 3.02. The van der Waals surface area contributed by atoms with Gasteiger partial charge in [-0.05, 0) is 41.7 Å². The molecule has 3 amide bonds. The summed E-state index contributed by atoms with van der Waals surface area (Å²) in [7, 11) is 0. The summed E-state index contributed by atoms with van der Waals surface area (Å²) in [5.41, 5.74) is 3.02. The number of carbonyl (C=O) groups is 2. The molecule has 2 aromatic carbocycles. The first-order valence-electron chi connectivity index (χ1n) is 10.4. The number of likely N-dealkylation sites (tertiary alicyclic amines) is 2. The Morgan fingerprint density at radius 2 is 1.62 bits per heavy atom. The van der Waals surface area contributed by atoms with Crippen LogP contribution in [0.4, 0.5) is 16.2 Å². The van der Waals surface area contributed by atoms with Crippen molar-refractivity contribution in [2.24, 2.45) is 11.8 Å². The van der Waals surface area contributed by atoms with Gasteiger partial charge in [-0.25, -0.2) is 4.79 Å². The van der Waals surface area contributed by atoms with Crippen LogP contribution in [0.5, 0.6) is 0 Å². The number of carbonyl (C=O) groups excluding carboxylic acids is 2. The Balaban J connectivity index is 1.13. The maximum atomic E-state index is 12.7. The maximum Gasteiger partial charge on any atom is 0.321 e. The average Bonchev–Trinajstić information content (AvgIpc) is 3.28. The van der Waals surface area contributed by atoms with Crippen molar-refractivity contribution in [2.45, 2.75) is 13.0 Å². The zero-order valence-corrected chi connectivity index (χ0v) is 16.5. The smallest absolute Gasteiger partial charge is 0.321 e. The van der Waals surface area contributed by atoms with E-state index >= 15 is 0 Å². The third-order valence-electron chi connectivity index (χ3n) is 6.38. The summed E-state index contributed by atoms with van der Waals surface area (Å²) >= 11 is 0. The Bertz CT molecular complexity index is 885. The Kier molecular flexibility index (Phi) is 4.72. The number of anilines is 2. The van der Waals surface area contributed by atoms with Crippen molar-refractivity contribution in [2.75, 3.05) is 42.9 Å². The highest BCUT2D eigenvalue weighted by molar-refractivity contribution is 5.99. The molecule has 2 aromatic rings. The molecule has 6 nitrogen and oxygen atoms in total. The number of nitrogens with one attached hydrogen (secondary N) is 1. The van der Waals surface area contributed by atoms with Crippen LogP contribution in [-0.2, 0) is 11.3 Å². The summed E-state index contributed by atoms with van der Waals surface area (Å²) in [4.78, 5) is 30.4. The minimum atomic E-state index is -0.0261. The third-order valence-corrected chi connectivity index (χ3v) is 6.38. The highest BCUT2D eigenvalue weighted by Gasteiger charge is 2.41. The number of amides is 3. The molecule has 0 unspecified atom stereocenters. The van der Waals surface area contributed by atoms with Gasteiger partial charge in [-0.1, -0.05) is 30.3 Å². The van der Waals surface area contributed by atoms with E-state index in [0.29, 0.717) is 18.3 Å².